The minimum atomic E-state index is -0.473. The predicted octanol–water partition coefficient (Wildman–Crippen LogP) is 2.66. The van der Waals surface area contributed by atoms with Crippen molar-refractivity contribution in [3.05, 3.63) is 34.9 Å². The van der Waals surface area contributed by atoms with E-state index in [1.165, 1.54) is 17.5 Å². The molecule has 0 unspecified atom stereocenters. The SMILES string of the molecule is CC(C)(C)OC(=O)NCC#Cc1ccc2c(c1)CC2. The van der Waals surface area contributed by atoms with E-state index in [2.05, 4.69) is 29.3 Å². The lowest BCUT2D eigenvalue weighted by Crippen LogP contribution is -2.32. The average molecular weight is 257 g/mol. The van der Waals surface area contributed by atoms with E-state index in [9.17, 15) is 4.79 Å². The Hall–Kier alpha value is -1.95. The van der Waals surface area contributed by atoms with Crippen molar-refractivity contribution in [3.63, 3.8) is 0 Å². The van der Waals surface area contributed by atoms with Crippen molar-refractivity contribution in [2.45, 2.75) is 39.2 Å². The molecule has 19 heavy (non-hydrogen) atoms. The van der Waals surface area contributed by atoms with Gasteiger partial charge >= 0.3 is 6.09 Å². The second-order valence-corrected chi connectivity index (χ2v) is 5.64. The molecule has 1 aliphatic carbocycles. The highest BCUT2D eigenvalue weighted by Crippen LogP contribution is 2.23. The molecule has 100 valence electrons. The average Bonchev–Trinajstić information content (AvgIpc) is 2.25. The number of carbonyl (C=O) groups excluding carboxylic acids is 1. The molecule has 3 heteroatoms. The molecule has 0 atom stereocenters. The van der Waals surface area contributed by atoms with E-state index in [0.717, 1.165) is 12.0 Å². The van der Waals surface area contributed by atoms with Gasteiger partial charge in [-0.1, -0.05) is 17.9 Å². The van der Waals surface area contributed by atoms with Gasteiger partial charge in [0.1, 0.15) is 5.60 Å². The number of hydrogen-bond donors (Lipinski definition) is 1. The van der Waals surface area contributed by atoms with Crippen molar-refractivity contribution < 1.29 is 9.53 Å². The number of carbonyl (C=O) groups is 1. The normalized spacial score (nSPS) is 12.6. The van der Waals surface area contributed by atoms with Gasteiger partial charge in [0.25, 0.3) is 0 Å². The highest BCUT2D eigenvalue weighted by molar-refractivity contribution is 5.68. The Morgan fingerprint density at radius 1 is 1.32 bits per heavy atom. The summed E-state index contributed by atoms with van der Waals surface area (Å²) in [6, 6.07) is 6.28. The van der Waals surface area contributed by atoms with Gasteiger partial charge in [0.05, 0.1) is 6.54 Å². The van der Waals surface area contributed by atoms with Crippen LogP contribution < -0.4 is 5.32 Å². The van der Waals surface area contributed by atoms with Crippen molar-refractivity contribution in [1.29, 1.82) is 0 Å². The molecule has 0 heterocycles. The summed E-state index contributed by atoms with van der Waals surface area (Å²) in [6.45, 7) is 5.80. The largest absolute Gasteiger partial charge is 0.444 e. The van der Waals surface area contributed by atoms with Gasteiger partial charge in [0.15, 0.2) is 0 Å². The molecule has 0 bridgehead atoms. The third-order valence-corrected chi connectivity index (χ3v) is 2.82. The topological polar surface area (TPSA) is 38.3 Å². The standard InChI is InChI=1S/C16H19NO2/c1-16(2,3)19-15(18)17-10-4-5-12-6-7-13-8-9-14(13)11-12/h6-7,11H,8-10H2,1-3H3,(H,17,18). The van der Waals surface area contributed by atoms with E-state index >= 15 is 0 Å². The summed E-state index contributed by atoms with van der Waals surface area (Å²) < 4.78 is 5.12. The summed E-state index contributed by atoms with van der Waals surface area (Å²) in [4.78, 5) is 11.4. The van der Waals surface area contributed by atoms with E-state index in [1.807, 2.05) is 26.8 Å². The van der Waals surface area contributed by atoms with Crippen LogP contribution in [0.2, 0.25) is 0 Å². The molecule has 1 aromatic carbocycles. The fourth-order valence-electron chi connectivity index (χ4n) is 1.85. The fraction of sp³-hybridized carbons (Fsp3) is 0.438. The second kappa shape index (κ2) is 5.36. The van der Waals surface area contributed by atoms with Crippen molar-refractivity contribution in [3.8, 4) is 11.8 Å². The number of ether oxygens (including phenoxy) is 1. The Labute approximate surface area is 114 Å². The lowest BCUT2D eigenvalue weighted by Gasteiger charge is -2.19. The maximum absolute atomic E-state index is 11.4. The smallest absolute Gasteiger partial charge is 0.408 e. The van der Waals surface area contributed by atoms with Gasteiger partial charge < -0.3 is 10.1 Å². The lowest BCUT2D eigenvalue weighted by molar-refractivity contribution is 0.0535. The van der Waals surface area contributed by atoms with E-state index < -0.39 is 11.7 Å². The number of benzene rings is 1. The number of hydrogen-bond acceptors (Lipinski definition) is 2. The van der Waals surface area contributed by atoms with Gasteiger partial charge in [-0.3, -0.25) is 0 Å². The van der Waals surface area contributed by atoms with Crippen LogP contribution in [0.4, 0.5) is 4.79 Å². The summed E-state index contributed by atoms with van der Waals surface area (Å²) in [5, 5.41) is 2.61. The highest BCUT2D eigenvalue weighted by Gasteiger charge is 2.15. The molecule has 0 spiro atoms. The third-order valence-electron chi connectivity index (χ3n) is 2.82. The predicted molar refractivity (Wildman–Crippen MR) is 75.0 cm³/mol. The van der Waals surface area contributed by atoms with Crippen LogP contribution in [-0.2, 0) is 17.6 Å². The van der Waals surface area contributed by atoms with Gasteiger partial charge in [-0.25, -0.2) is 4.79 Å². The Morgan fingerprint density at radius 2 is 2.05 bits per heavy atom. The first-order valence-electron chi connectivity index (χ1n) is 6.51. The Bertz CT molecular complexity index is 544. The molecule has 0 aromatic heterocycles. The molecule has 0 aliphatic heterocycles. The Morgan fingerprint density at radius 3 is 2.63 bits per heavy atom. The van der Waals surface area contributed by atoms with Crippen molar-refractivity contribution in [1.82, 2.24) is 5.32 Å². The zero-order chi connectivity index (χ0) is 13.9. The number of nitrogens with one attached hydrogen (secondary N) is 1. The summed E-state index contributed by atoms with van der Waals surface area (Å²) in [5.74, 6) is 5.97. The Kier molecular flexibility index (Phi) is 3.80. The molecule has 1 aromatic rings. The number of amides is 1. The lowest BCUT2D eigenvalue weighted by atomic mass is 9.87. The van der Waals surface area contributed by atoms with E-state index in [4.69, 9.17) is 4.74 Å². The molecule has 0 fully saturated rings. The highest BCUT2D eigenvalue weighted by atomic mass is 16.6. The molecule has 0 radical (unpaired) electrons. The molecule has 2 rings (SSSR count). The van der Waals surface area contributed by atoms with Crippen LogP contribution in [0.25, 0.3) is 0 Å². The maximum Gasteiger partial charge on any atom is 0.408 e. The zero-order valence-electron chi connectivity index (χ0n) is 11.7. The first-order valence-corrected chi connectivity index (χ1v) is 6.51. The monoisotopic (exact) mass is 257 g/mol. The van der Waals surface area contributed by atoms with Crippen LogP contribution in [-0.4, -0.2) is 18.2 Å². The van der Waals surface area contributed by atoms with E-state index in [-0.39, 0.29) is 0 Å². The van der Waals surface area contributed by atoms with Crippen molar-refractivity contribution >= 4 is 6.09 Å². The Balaban J connectivity index is 1.81. The minimum absolute atomic E-state index is 0.298. The fourth-order valence-corrected chi connectivity index (χ4v) is 1.85. The second-order valence-electron chi connectivity index (χ2n) is 5.64. The summed E-state index contributed by atoms with van der Waals surface area (Å²) in [6.07, 6.45) is 1.91. The van der Waals surface area contributed by atoms with E-state index in [1.54, 1.807) is 0 Å². The first-order chi connectivity index (χ1) is 8.94. The molecule has 1 amide bonds. The quantitative estimate of drug-likeness (QED) is 0.785. The molecule has 1 N–H and O–H groups in total. The van der Waals surface area contributed by atoms with Crippen LogP contribution in [0.3, 0.4) is 0 Å². The number of aryl methyl sites for hydroxylation is 2. The zero-order valence-corrected chi connectivity index (χ0v) is 11.7. The number of rotatable bonds is 1. The molecule has 0 saturated heterocycles. The molecule has 1 aliphatic rings. The van der Waals surface area contributed by atoms with Crippen molar-refractivity contribution in [2.24, 2.45) is 0 Å². The number of alkyl carbamates (subject to hydrolysis) is 1. The van der Waals surface area contributed by atoms with Crippen LogP contribution >= 0.6 is 0 Å². The van der Waals surface area contributed by atoms with Crippen LogP contribution in [0.1, 0.15) is 37.5 Å². The molecular formula is C16H19NO2. The van der Waals surface area contributed by atoms with Crippen LogP contribution in [0.15, 0.2) is 18.2 Å². The van der Waals surface area contributed by atoms with Crippen LogP contribution in [0, 0.1) is 11.8 Å². The summed E-state index contributed by atoms with van der Waals surface area (Å²) in [7, 11) is 0. The van der Waals surface area contributed by atoms with Crippen LogP contribution in [0.5, 0.6) is 0 Å². The first kappa shape index (κ1) is 13.5. The summed E-state index contributed by atoms with van der Waals surface area (Å²) >= 11 is 0. The third kappa shape index (κ3) is 4.03. The molecule has 0 saturated carbocycles. The maximum atomic E-state index is 11.4. The van der Waals surface area contributed by atoms with Gasteiger partial charge in [-0.15, -0.1) is 0 Å². The van der Waals surface area contributed by atoms with E-state index in [0.29, 0.717) is 6.54 Å². The van der Waals surface area contributed by atoms with Crippen molar-refractivity contribution in [2.75, 3.05) is 6.54 Å². The van der Waals surface area contributed by atoms with Gasteiger partial charge in [-0.05, 0) is 56.9 Å². The minimum Gasteiger partial charge on any atom is -0.444 e. The van der Waals surface area contributed by atoms with Gasteiger partial charge in [-0.2, -0.15) is 0 Å². The number of fused-ring (bicyclic) bond motifs is 1. The summed E-state index contributed by atoms with van der Waals surface area (Å²) in [5.41, 5.74) is 3.35. The van der Waals surface area contributed by atoms with Gasteiger partial charge in [0, 0.05) is 5.56 Å². The molecule has 3 nitrogen and oxygen atoms in total. The molecular weight excluding hydrogens is 238 g/mol. The van der Waals surface area contributed by atoms with Gasteiger partial charge in [0.2, 0.25) is 0 Å².